The van der Waals surface area contributed by atoms with Gasteiger partial charge in [0.25, 0.3) is 0 Å². The van der Waals surface area contributed by atoms with Gasteiger partial charge in [-0.05, 0) is 62.5 Å². The predicted octanol–water partition coefficient (Wildman–Crippen LogP) is 9.42. The maximum atomic E-state index is 13.9. The molecule has 3 heterocycles. The van der Waals surface area contributed by atoms with Gasteiger partial charge < -0.3 is 0 Å². The molecule has 0 bridgehead atoms. The molecule has 3 aromatic heterocycles. The number of Topliss-reactive ketones (excluding diaryl/α,β-unsaturated/α-hetero) is 2. The average Bonchev–Trinajstić information content (AvgIpc) is 3.60. The first-order valence-electron chi connectivity index (χ1n) is 11.4. The second-order valence-corrected chi connectivity index (χ2v) is 14.0. The van der Waals surface area contributed by atoms with Gasteiger partial charge in [-0.15, -0.1) is 22.7 Å². The van der Waals surface area contributed by atoms with Crippen molar-refractivity contribution in [2.24, 2.45) is 5.92 Å². The summed E-state index contributed by atoms with van der Waals surface area (Å²) < 4.78 is 11.2. The van der Waals surface area contributed by atoms with E-state index in [1.54, 1.807) is 22.7 Å². The van der Waals surface area contributed by atoms with Gasteiger partial charge in [0.1, 0.15) is 11.0 Å². The zero-order valence-corrected chi connectivity index (χ0v) is 24.1. The zero-order valence-electron chi connectivity index (χ0n) is 18.5. The van der Waals surface area contributed by atoms with E-state index >= 15 is 0 Å². The predicted molar refractivity (Wildman–Crippen MR) is 150 cm³/mol. The van der Waals surface area contributed by atoms with E-state index in [1.807, 2.05) is 24.3 Å². The first kappa shape index (κ1) is 24.4. The highest BCUT2D eigenvalue weighted by Crippen LogP contribution is 2.49. The van der Waals surface area contributed by atoms with Crippen LogP contribution >= 0.6 is 66.3 Å². The van der Waals surface area contributed by atoms with Crippen LogP contribution in [0, 0.1) is 5.92 Å². The summed E-state index contributed by atoms with van der Waals surface area (Å²) in [5.74, 6) is -0.722. The molecule has 0 unspecified atom stereocenters. The highest BCUT2D eigenvalue weighted by Gasteiger charge is 2.44. The van der Waals surface area contributed by atoms with E-state index in [-0.39, 0.29) is 11.6 Å². The van der Waals surface area contributed by atoms with Gasteiger partial charge in [-0.1, -0.05) is 45.4 Å². The van der Waals surface area contributed by atoms with Gasteiger partial charge in [0, 0.05) is 32.0 Å². The Morgan fingerprint density at radius 1 is 0.735 bits per heavy atom. The number of halogens is 2. The van der Waals surface area contributed by atoms with E-state index in [9.17, 15) is 9.59 Å². The lowest BCUT2D eigenvalue weighted by Gasteiger charge is -2.11. The Kier molecular flexibility index (Phi) is 7.46. The largest absolute Gasteiger partial charge is 0.293 e. The molecule has 4 nitrogen and oxygen atoms in total. The Bertz CT molecular complexity index is 1290. The molecule has 5 rings (SSSR count). The number of hydrogen-bond donors (Lipinski definition) is 0. The van der Waals surface area contributed by atoms with Crippen molar-refractivity contribution in [3.63, 3.8) is 0 Å². The van der Waals surface area contributed by atoms with Crippen molar-refractivity contribution in [2.75, 3.05) is 0 Å². The topological polar surface area (TPSA) is 59.9 Å². The number of aromatic nitrogens is 2. The first-order valence-corrected chi connectivity index (χ1v) is 15.4. The van der Waals surface area contributed by atoms with Crippen molar-refractivity contribution in [1.29, 1.82) is 0 Å². The Morgan fingerprint density at radius 2 is 1.24 bits per heavy atom. The second kappa shape index (κ2) is 10.4. The Labute approximate surface area is 227 Å². The van der Waals surface area contributed by atoms with Crippen LogP contribution in [-0.2, 0) is 0 Å². The van der Waals surface area contributed by atoms with E-state index in [0.717, 1.165) is 59.4 Å². The van der Waals surface area contributed by atoms with Crippen LogP contribution in [0.15, 0.2) is 31.8 Å². The van der Waals surface area contributed by atoms with Crippen molar-refractivity contribution in [3.05, 3.63) is 43.0 Å². The quantitative estimate of drug-likeness (QED) is 0.135. The molecule has 1 aromatic carbocycles. The van der Waals surface area contributed by atoms with E-state index in [4.69, 9.17) is 0 Å². The molecule has 0 saturated carbocycles. The lowest BCUT2D eigenvalue weighted by molar-refractivity contribution is 0.0829. The number of thiophene rings is 2. The fourth-order valence-electron chi connectivity index (χ4n) is 4.73. The third kappa shape index (κ3) is 4.39. The normalized spacial score (nSPS) is 14.0. The SMILES string of the molecule is CCCCCCCCC1C(=O)c2c(c(-c3ccc(Br)s3)c3nsnc3c2-c2ccc(Br)s2)C1=O. The summed E-state index contributed by atoms with van der Waals surface area (Å²) >= 11 is 11.3. The van der Waals surface area contributed by atoms with Gasteiger partial charge in [0.15, 0.2) is 11.6 Å². The molecule has 0 radical (unpaired) electrons. The molecule has 0 spiro atoms. The molecule has 1 aliphatic carbocycles. The summed E-state index contributed by atoms with van der Waals surface area (Å²) in [6, 6.07) is 7.92. The summed E-state index contributed by atoms with van der Waals surface area (Å²) in [5, 5.41) is 0. The maximum Gasteiger partial charge on any atom is 0.175 e. The van der Waals surface area contributed by atoms with Gasteiger partial charge in [-0.25, -0.2) is 0 Å². The molecule has 1 aliphatic rings. The van der Waals surface area contributed by atoms with Crippen LogP contribution in [0.3, 0.4) is 0 Å². The number of unbranched alkanes of at least 4 members (excludes halogenated alkanes) is 5. The fraction of sp³-hybridized carbons (Fsp3) is 0.360. The van der Waals surface area contributed by atoms with Crippen molar-refractivity contribution >= 4 is 88.9 Å². The lowest BCUT2D eigenvalue weighted by Crippen LogP contribution is -2.15. The van der Waals surface area contributed by atoms with Gasteiger partial charge in [0.2, 0.25) is 0 Å². The van der Waals surface area contributed by atoms with E-state index in [2.05, 4.69) is 47.5 Å². The Hall–Kier alpha value is -1.26. The second-order valence-electron chi connectivity index (χ2n) is 8.51. The molecule has 34 heavy (non-hydrogen) atoms. The van der Waals surface area contributed by atoms with Crippen molar-refractivity contribution in [1.82, 2.24) is 8.75 Å². The monoisotopic (exact) mass is 636 g/mol. The minimum atomic E-state index is -0.610. The highest BCUT2D eigenvalue weighted by atomic mass is 79.9. The summed E-state index contributed by atoms with van der Waals surface area (Å²) in [5.41, 5.74) is 4.01. The number of rotatable bonds is 9. The minimum absolute atomic E-state index is 0.0557. The molecule has 0 atom stereocenters. The highest BCUT2D eigenvalue weighted by molar-refractivity contribution is 9.11. The summed E-state index contributed by atoms with van der Waals surface area (Å²) in [4.78, 5) is 29.6. The van der Waals surface area contributed by atoms with Crippen molar-refractivity contribution < 1.29 is 9.59 Å². The van der Waals surface area contributed by atoms with Gasteiger partial charge in [-0.3, -0.25) is 9.59 Å². The minimum Gasteiger partial charge on any atom is -0.293 e. The van der Waals surface area contributed by atoms with Crippen LogP contribution < -0.4 is 0 Å². The fourth-order valence-corrected chi connectivity index (χ4v) is 8.17. The van der Waals surface area contributed by atoms with Crippen LogP contribution in [0.1, 0.15) is 72.6 Å². The molecule has 0 amide bonds. The average molecular weight is 638 g/mol. The number of ketones is 2. The van der Waals surface area contributed by atoms with E-state index < -0.39 is 5.92 Å². The van der Waals surface area contributed by atoms with Gasteiger partial charge >= 0.3 is 0 Å². The molecule has 9 heteroatoms. The van der Waals surface area contributed by atoms with Crippen LogP contribution in [0.4, 0.5) is 0 Å². The number of hydrogen-bond acceptors (Lipinski definition) is 7. The third-order valence-corrected chi connectivity index (χ3v) is 10.1. The van der Waals surface area contributed by atoms with Gasteiger partial charge in [0.05, 0.1) is 25.2 Å². The van der Waals surface area contributed by atoms with Crippen LogP contribution in [0.5, 0.6) is 0 Å². The van der Waals surface area contributed by atoms with Crippen LogP contribution in [0.2, 0.25) is 0 Å². The van der Waals surface area contributed by atoms with Crippen molar-refractivity contribution in [3.8, 4) is 20.9 Å². The van der Waals surface area contributed by atoms with Crippen molar-refractivity contribution in [2.45, 2.75) is 51.9 Å². The summed E-state index contributed by atoms with van der Waals surface area (Å²) in [6.07, 6.45) is 7.37. The van der Waals surface area contributed by atoms with E-state index in [0.29, 0.717) is 28.6 Å². The summed E-state index contributed by atoms with van der Waals surface area (Å²) in [7, 11) is 0. The number of benzene rings is 1. The van der Waals surface area contributed by atoms with Crippen LogP contribution in [0.25, 0.3) is 31.9 Å². The number of nitrogens with zero attached hydrogens (tertiary/aromatic N) is 2. The molecule has 0 fully saturated rings. The van der Waals surface area contributed by atoms with Gasteiger partial charge in [-0.2, -0.15) is 8.75 Å². The first-order chi connectivity index (χ1) is 16.5. The van der Waals surface area contributed by atoms with E-state index in [1.165, 1.54) is 19.3 Å². The standard InChI is InChI=1S/C25H22Br2N2O2S3/c1-2-3-4-5-6-7-8-13-24(30)20-18(14-9-11-16(26)32-14)22-23(29-34-28-22)19(21(20)25(13)31)15-10-12-17(27)33-15/h9-13H,2-8H2,1H3. The third-order valence-electron chi connectivity index (χ3n) is 6.32. The molecule has 0 aliphatic heterocycles. The number of fused-ring (bicyclic) bond motifs is 2. The zero-order chi connectivity index (χ0) is 23.8. The number of carbonyl (C=O) groups is 2. The van der Waals surface area contributed by atoms with Crippen LogP contribution in [-0.4, -0.2) is 20.3 Å². The summed E-state index contributed by atoms with van der Waals surface area (Å²) in [6.45, 7) is 2.20. The molecule has 0 saturated heterocycles. The molecule has 4 aromatic rings. The Morgan fingerprint density at radius 3 is 1.71 bits per heavy atom. The lowest BCUT2D eigenvalue weighted by atomic mass is 9.93. The molecular weight excluding hydrogens is 616 g/mol. The number of carbonyl (C=O) groups excluding carboxylic acids is 2. The Balaban J connectivity index is 1.63. The smallest absolute Gasteiger partial charge is 0.175 e. The molecular formula is C25H22Br2N2O2S3. The molecule has 0 N–H and O–H groups in total. The molecule has 176 valence electrons. The maximum absolute atomic E-state index is 13.9.